The van der Waals surface area contributed by atoms with E-state index in [2.05, 4.69) is 5.32 Å². The molecule has 0 unspecified atom stereocenters. The number of hydrogen-bond acceptors (Lipinski definition) is 3. The van der Waals surface area contributed by atoms with Crippen molar-refractivity contribution >= 4 is 29.2 Å². The Morgan fingerprint density at radius 2 is 1.87 bits per heavy atom. The van der Waals surface area contributed by atoms with Crippen LogP contribution < -0.4 is 10.1 Å². The summed E-state index contributed by atoms with van der Waals surface area (Å²) in [4.78, 5) is 23.7. The molecule has 1 aromatic heterocycles. The number of hydrogen-bond donors (Lipinski definition) is 2. The van der Waals surface area contributed by atoms with Gasteiger partial charge in [0.15, 0.2) is 0 Å². The van der Waals surface area contributed by atoms with Crippen molar-refractivity contribution in [2.24, 2.45) is 0 Å². The molecular weight excluding hydrogens is 411 g/mol. The number of ether oxygens (including phenoxy) is 1. The Balaban J connectivity index is 1.85. The maximum absolute atomic E-state index is 13.3. The number of aryl methyl sites for hydroxylation is 1. The lowest BCUT2D eigenvalue weighted by Gasteiger charge is -2.14. The van der Waals surface area contributed by atoms with Gasteiger partial charge in [0.25, 0.3) is 0 Å². The van der Waals surface area contributed by atoms with Crippen LogP contribution in [0.2, 0.25) is 5.02 Å². The van der Waals surface area contributed by atoms with Crippen LogP contribution in [0, 0.1) is 5.82 Å². The lowest BCUT2D eigenvalue weighted by Crippen LogP contribution is -2.21. The minimum absolute atomic E-state index is 0.0433. The monoisotopic (exact) mass is 430 g/mol. The molecule has 0 aliphatic carbocycles. The van der Waals surface area contributed by atoms with Gasteiger partial charge in [-0.1, -0.05) is 11.6 Å². The largest absolute Gasteiger partial charge is 0.495 e. The summed E-state index contributed by atoms with van der Waals surface area (Å²) in [5.41, 5.74) is 2.62. The van der Waals surface area contributed by atoms with Gasteiger partial charge in [0.1, 0.15) is 18.1 Å². The summed E-state index contributed by atoms with van der Waals surface area (Å²) >= 11 is 6.10. The van der Waals surface area contributed by atoms with Crippen molar-refractivity contribution in [3.63, 3.8) is 0 Å². The Labute approximate surface area is 177 Å². The van der Waals surface area contributed by atoms with Crippen LogP contribution in [0.15, 0.2) is 54.6 Å². The first-order valence-corrected chi connectivity index (χ1v) is 9.54. The Morgan fingerprint density at radius 3 is 2.50 bits per heavy atom. The summed E-state index contributed by atoms with van der Waals surface area (Å²) < 4.78 is 20.1. The highest BCUT2D eigenvalue weighted by molar-refractivity contribution is 6.32. The van der Waals surface area contributed by atoms with E-state index >= 15 is 0 Å². The van der Waals surface area contributed by atoms with Gasteiger partial charge < -0.3 is 19.7 Å². The maximum Gasteiger partial charge on any atom is 0.303 e. The number of rotatable bonds is 8. The van der Waals surface area contributed by atoms with E-state index in [1.54, 1.807) is 47.0 Å². The van der Waals surface area contributed by atoms with Gasteiger partial charge in [-0.25, -0.2) is 4.39 Å². The molecule has 2 N–H and O–H groups in total. The van der Waals surface area contributed by atoms with Gasteiger partial charge in [-0.05, 0) is 66.6 Å². The summed E-state index contributed by atoms with van der Waals surface area (Å²) in [6.45, 7) is -0.0433. The third-order valence-electron chi connectivity index (χ3n) is 4.54. The van der Waals surface area contributed by atoms with E-state index in [9.17, 15) is 14.0 Å². The molecule has 0 radical (unpaired) electrons. The van der Waals surface area contributed by atoms with Crippen molar-refractivity contribution < 1.29 is 23.8 Å². The van der Waals surface area contributed by atoms with E-state index in [4.69, 9.17) is 21.4 Å². The fraction of sp³-hybridized carbons (Fsp3) is 0.182. The first-order valence-electron chi connectivity index (χ1n) is 9.17. The van der Waals surface area contributed by atoms with Gasteiger partial charge in [-0.3, -0.25) is 9.59 Å². The van der Waals surface area contributed by atoms with E-state index in [1.807, 2.05) is 0 Å². The standard InChI is InChI=1S/C22H20ClFN2O4/c1-30-20-10-6-16(12-18(20)23)25-21(27)13-26-17(8-11-22(28)29)7-9-19(26)14-2-4-15(24)5-3-14/h2-7,9-10,12H,8,11,13H2,1H3,(H,25,27)(H,28,29). The molecule has 0 saturated carbocycles. The Hall–Kier alpha value is -3.32. The minimum atomic E-state index is -0.927. The van der Waals surface area contributed by atoms with E-state index < -0.39 is 5.97 Å². The summed E-state index contributed by atoms with van der Waals surface area (Å²) in [6.07, 6.45) is 0.195. The van der Waals surface area contributed by atoms with Crippen LogP contribution in [0.25, 0.3) is 11.3 Å². The molecule has 156 valence electrons. The molecule has 0 fully saturated rings. The van der Waals surface area contributed by atoms with Gasteiger partial charge >= 0.3 is 5.97 Å². The number of methoxy groups -OCH3 is 1. The van der Waals surface area contributed by atoms with Crippen molar-refractivity contribution in [2.75, 3.05) is 12.4 Å². The molecule has 0 bridgehead atoms. The number of nitrogens with one attached hydrogen (secondary N) is 1. The van der Waals surface area contributed by atoms with E-state index in [1.165, 1.54) is 19.2 Å². The molecule has 0 aliphatic rings. The fourth-order valence-corrected chi connectivity index (χ4v) is 3.37. The number of carbonyl (C=O) groups excluding carboxylic acids is 1. The lowest BCUT2D eigenvalue weighted by atomic mass is 10.1. The topological polar surface area (TPSA) is 80.6 Å². The molecule has 3 aromatic rings. The maximum atomic E-state index is 13.3. The van der Waals surface area contributed by atoms with Crippen LogP contribution in [0.4, 0.5) is 10.1 Å². The Bertz CT molecular complexity index is 1060. The van der Waals surface area contributed by atoms with Crippen LogP contribution in [-0.4, -0.2) is 28.7 Å². The highest BCUT2D eigenvalue weighted by atomic mass is 35.5. The van der Waals surface area contributed by atoms with Crippen LogP contribution in [-0.2, 0) is 22.6 Å². The van der Waals surface area contributed by atoms with Gasteiger partial charge in [0, 0.05) is 17.1 Å². The first-order chi connectivity index (χ1) is 14.4. The van der Waals surface area contributed by atoms with Gasteiger partial charge in [0.05, 0.1) is 18.6 Å². The highest BCUT2D eigenvalue weighted by Gasteiger charge is 2.15. The SMILES string of the molecule is COc1ccc(NC(=O)Cn2c(CCC(=O)O)ccc2-c2ccc(F)cc2)cc1Cl. The van der Waals surface area contributed by atoms with Crippen molar-refractivity contribution in [3.05, 3.63) is 71.1 Å². The van der Waals surface area contributed by atoms with Gasteiger partial charge in [-0.2, -0.15) is 0 Å². The second-order valence-corrected chi connectivity index (χ2v) is 7.00. The van der Waals surface area contributed by atoms with Crippen LogP contribution >= 0.6 is 11.6 Å². The van der Waals surface area contributed by atoms with Gasteiger partial charge in [-0.15, -0.1) is 0 Å². The molecule has 0 saturated heterocycles. The minimum Gasteiger partial charge on any atom is -0.495 e. The number of carbonyl (C=O) groups is 2. The second-order valence-electron chi connectivity index (χ2n) is 6.59. The number of aromatic nitrogens is 1. The molecule has 1 amide bonds. The first kappa shape index (κ1) is 21.4. The van der Waals surface area contributed by atoms with Crippen molar-refractivity contribution in [3.8, 4) is 17.0 Å². The molecular formula is C22H20ClFN2O4. The number of amides is 1. The number of anilines is 1. The molecule has 0 aliphatic heterocycles. The van der Waals surface area contributed by atoms with Crippen molar-refractivity contribution in [1.82, 2.24) is 4.57 Å². The smallest absolute Gasteiger partial charge is 0.303 e. The number of halogens is 2. The zero-order valence-corrected chi connectivity index (χ0v) is 16.9. The Kier molecular flexibility index (Phi) is 6.74. The fourth-order valence-electron chi connectivity index (χ4n) is 3.11. The molecule has 0 atom stereocenters. The third kappa shape index (κ3) is 5.18. The van der Waals surface area contributed by atoms with Crippen molar-refractivity contribution in [1.29, 1.82) is 0 Å². The quantitative estimate of drug-likeness (QED) is 0.546. The van der Waals surface area contributed by atoms with Crippen molar-refractivity contribution in [2.45, 2.75) is 19.4 Å². The molecule has 6 nitrogen and oxygen atoms in total. The Morgan fingerprint density at radius 1 is 1.13 bits per heavy atom. The normalized spacial score (nSPS) is 10.6. The summed E-state index contributed by atoms with van der Waals surface area (Å²) in [5.74, 6) is -1.11. The molecule has 30 heavy (non-hydrogen) atoms. The van der Waals surface area contributed by atoms with Crippen LogP contribution in [0.3, 0.4) is 0 Å². The molecule has 1 heterocycles. The number of carboxylic acids is 1. The number of nitrogens with zero attached hydrogens (tertiary/aromatic N) is 1. The predicted molar refractivity (Wildman–Crippen MR) is 112 cm³/mol. The average Bonchev–Trinajstić information content (AvgIpc) is 3.09. The summed E-state index contributed by atoms with van der Waals surface area (Å²) in [7, 11) is 1.50. The van der Waals surface area contributed by atoms with E-state index in [0.29, 0.717) is 27.8 Å². The highest BCUT2D eigenvalue weighted by Crippen LogP contribution is 2.28. The molecule has 0 spiro atoms. The molecule has 8 heteroatoms. The number of aliphatic carboxylic acids is 1. The van der Waals surface area contributed by atoms with E-state index in [0.717, 1.165) is 5.56 Å². The zero-order chi connectivity index (χ0) is 21.7. The zero-order valence-electron chi connectivity index (χ0n) is 16.2. The lowest BCUT2D eigenvalue weighted by molar-refractivity contribution is -0.137. The number of benzene rings is 2. The average molecular weight is 431 g/mol. The second kappa shape index (κ2) is 9.45. The molecule has 2 aromatic carbocycles. The third-order valence-corrected chi connectivity index (χ3v) is 4.84. The van der Waals surface area contributed by atoms with Crippen LogP contribution in [0.1, 0.15) is 12.1 Å². The van der Waals surface area contributed by atoms with Crippen LogP contribution in [0.5, 0.6) is 5.75 Å². The summed E-state index contributed by atoms with van der Waals surface area (Å²) in [6, 6.07) is 14.4. The summed E-state index contributed by atoms with van der Waals surface area (Å²) in [5, 5.41) is 12.2. The number of carboxylic acid groups (broad SMARTS) is 1. The van der Waals surface area contributed by atoms with E-state index in [-0.39, 0.29) is 31.1 Å². The van der Waals surface area contributed by atoms with Gasteiger partial charge in [0.2, 0.25) is 5.91 Å². The predicted octanol–water partition coefficient (Wildman–Crippen LogP) is 4.61. The molecule has 3 rings (SSSR count).